The van der Waals surface area contributed by atoms with E-state index in [0.29, 0.717) is 5.56 Å². The van der Waals surface area contributed by atoms with Crippen molar-refractivity contribution in [3.8, 4) is 11.4 Å². The van der Waals surface area contributed by atoms with Crippen molar-refractivity contribution in [3.63, 3.8) is 0 Å². The lowest BCUT2D eigenvalue weighted by molar-refractivity contribution is -0.253. The van der Waals surface area contributed by atoms with Crippen LogP contribution in [0.1, 0.15) is 18.5 Å². The van der Waals surface area contributed by atoms with Crippen LogP contribution in [-0.4, -0.2) is 46.8 Å². The van der Waals surface area contributed by atoms with E-state index in [9.17, 15) is 31.9 Å². The average molecular weight is 510 g/mol. The second-order valence-corrected chi connectivity index (χ2v) is 7.89. The summed E-state index contributed by atoms with van der Waals surface area (Å²) < 4.78 is 71.9. The van der Waals surface area contributed by atoms with Crippen LogP contribution in [0.3, 0.4) is 0 Å². The maximum atomic E-state index is 13.5. The SMILES string of the molecule is C[C@@H](n1cnn(-c2ccc(OC(F)(F)C(F)F)cc2)c1=O)[C@](O)(Cn1cncn1)c1ccc(F)cc1. The van der Waals surface area contributed by atoms with Gasteiger partial charge in [0.2, 0.25) is 0 Å². The summed E-state index contributed by atoms with van der Waals surface area (Å²) in [6.45, 7) is 1.42. The molecule has 0 saturated heterocycles. The van der Waals surface area contributed by atoms with Crippen LogP contribution in [0.4, 0.5) is 22.0 Å². The van der Waals surface area contributed by atoms with Crippen LogP contribution in [0, 0.1) is 5.82 Å². The third-order valence-electron chi connectivity index (χ3n) is 5.60. The summed E-state index contributed by atoms with van der Waals surface area (Å²) in [4.78, 5) is 17.0. The lowest BCUT2D eigenvalue weighted by Crippen LogP contribution is -2.43. The maximum Gasteiger partial charge on any atom is 0.461 e. The first kappa shape index (κ1) is 25.0. The van der Waals surface area contributed by atoms with Crippen LogP contribution in [0.2, 0.25) is 0 Å². The summed E-state index contributed by atoms with van der Waals surface area (Å²) in [6.07, 6.45) is -4.89. The Morgan fingerprint density at radius 1 is 1.03 bits per heavy atom. The minimum absolute atomic E-state index is 0.125. The fraction of sp³-hybridized carbons (Fsp3) is 0.273. The first-order chi connectivity index (χ1) is 17.0. The first-order valence-corrected chi connectivity index (χ1v) is 10.4. The van der Waals surface area contributed by atoms with Gasteiger partial charge in [-0.05, 0) is 48.9 Å². The minimum Gasteiger partial charge on any atom is -0.428 e. The molecule has 9 nitrogen and oxygen atoms in total. The van der Waals surface area contributed by atoms with Crippen LogP contribution in [0.25, 0.3) is 5.69 Å². The zero-order chi connectivity index (χ0) is 26.1. The molecule has 0 spiro atoms. The topological polar surface area (TPSA) is 100.0 Å². The van der Waals surface area contributed by atoms with E-state index in [2.05, 4.69) is 19.9 Å². The number of ether oxygens (including phenoxy) is 1. The van der Waals surface area contributed by atoms with Crippen molar-refractivity contribution >= 4 is 0 Å². The number of nitrogens with zero attached hydrogens (tertiary/aromatic N) is 6. The molecule has 2 aromatic heterocycles. The van der Waals surface area contributed by atoms with Crippen molar-refractivity contribution in [2.75, 3.05) is 0 Å². The Hall–Kier alpha value is -4.07. The van der Waals surface area contributed by atoms with Gasteiger partial charge in [0.1, 0.15) is 36.1 Å². The molecule has 0 aliphatic heterocycles. The Morgan fingerprint density at radius 2 is 1.69 bits per heavy atom. The molecule has 0 aliphatic carbocycles. The van der Waals surface area contributed by atoms with E-state index in [4.69, 9.17) is 0 Å². The number of aliphatic hydroxyl groups is 1. The highest BCUT2D eigenvalue weighted by Gasteiger charge is 2.44. The third-order valence-corrected chi connectivity index (χ3v) is 5.60. The Kier molecular flexibility index (Phi) is 6.63. The Balaban J connectivity index is 1.66. The van der Waals surface area contributed by atoms with Crippen molar-refractivity contribution < 1.29 is 31.8 Å². The molecule has 0 unspecified atom stereocenters. The van der Waals surface area contributed by atoms with Crippen LogP contribution in [0.5, 0.6) is 5.75 Å². The number of hydrogen-bond acceptors (Lipinski definition) is 6. The van der Waals surface area contributed by atoms with Crippen LogP contribution >= 0.6 is 0 Å². The standard InChI is InChI=1S/C22H19F5N6O3/c1-14(21(35,10-31-12-28-11-29-31)15-2-4-16(23)5-3-15)32-13-30-33(20(32)34)17-6-8-18(9-7-17)36-22(26,27)19(24)25/h2-9,11-14,19,35H,10H2,1H3/t14-,21-/m1/s1. The van der Waals surface area contributed by atoms with Crippen LogP contribution in [-0.2, 0) is 12.1 Å². The summed E-state index contributed by atoms with van der Waals surface area (Å²) in [6, 6.07) is 8.48. The molecule has 1 N–H and O–H groups in total. The van der Waals surface area contributed by atoms with E-state index in [-0.39, 0.29) is 12.2 Å². The number of benzene rings is 2. The predicted octanol–water partition coefficient (Wildman–Crippen LogP) is 3.15. The molecule has 4 rings (SSSR count). The van der Waals surface area contributed by atoms with E-state index in [1.807, 2.05) is 0 Å². The van der Waals surface area contributed by atoms with Gasteiger partial charge in [0.15, 0.2) is 0 Å². The predicted molar refractivity (Wildman–Crippen MR) is 114 cm³/mol. The summed E-state index contributed by atoms with van der Waals surface area (Å²) in [5.74, 6) is -1.05. The molecule has 0 fully saturated rings. The lowest BCUT2D eigenvalue weighted by Gasteiger charge is -2.34. The monoisotopic (exact) mass is 510 g/mol. The van der Waals surface area contributed by atoms with Crippen LogP contribution < -0.4 is 10.4 Å². The molecule has 0 aliphatic rings. The maximum absolute atomic E-state index is 13.5. The average Bonchev–Trinajstić information content (AvgIpc) is 3.48. The normalized spacial score (nSPS) is 14.6. The number of halogens is 5. The Morgan fingerprint density at radius 3 is 2.28 bits per heavy atom. The smallest absolute Gasteiger partial charge is 0.428 e. The first-order valence-electron chi connectivity index (χ1n) is 10.4. The Labute approximate surface area is 200 Å². The number of aromatic nitrogens is 6. The number of rotatable bonds is 9. The molecule has 0 radical (unpaired) electrons. The van der Waals surface area contributed by atoms with Crippen molar-refractivity contribution in [2.24, 2.45) is 0 Å². The second kappa shape index (κ2) is 9.53. The van der Waals surface area contributed by atoms with Gasteiger partial charge in [-0.1, -0.05) is 12.1 Å². The minimum atomic E-state index is -4.68. The van der Waals surface area contributed by atoms with Gasteiger partial charge in [0, 0.05) is 0 Å². The lowest BCUT2D eigenvalue weighted by atomic mass is 9.86. The quantitative estimate of drug-likeness (QED) is 0.348. The van der Waals surface area contributed by atoms with Gasteiger partial charge in [-0.15, -0.1) is 0 Å². The van der Waals surface area contributed by atoms with Gasteiger partial charge < -0.3 is 9.84 Å². The van der Waals surface area contributed by atoms with Crippen molar-refractivity contribution in [2.45, 2.75) is 37.6 Å². The van der Waals surface area contributed by atoms with Gasteiger partial charge in [0.05, 0.1) is 18.3 Å². The van der Waals surface area contributed by atoms with Gasteiger partial charge in [-0.2, -0.15) is 32.4 Å². The molecule has 2 aromatic carbocycles. The van der Waals surface area contributed by atoms with E-state index < -0.39 is 41.4 Å². The number of alkyl halides is 4. The molecule has 2 heterocycles. The van der Waals surface area contributed by atoms with Crippen molar-refractivity contribution in [3.05, 3.63) is 89.4 Å². The van der Waals surface area contributed by atoms with Crippen molar-refractivity contribution in [1.82, 2.24) is 29.1 Å². The van der Waals surface area contributed by atoms with Gasteiger partial charge in [-0.3, -0.25) is 4.57 Å². The summed E-state index contributed by atoms with van der Waals surface area (Å²) in [5, 5.41) is 19.7. The summed E-state index contributed by atoms with van der Waals surface area (Å²) in [7, 11) is 0. The molecule has 14 heteroatoms. The molecule has 36 heavy (non-hydrogen) atoms. The van der Waals surface area contributed by atoms with Gasteiger partial charge in [0.25, 0.3) is 0 Å². The summed E-state index contributed by atoms with van der Waals surface area (Å²) in [5.41, 5.74) is -2.04. The van der Waals surface area contributed by atoms with Gasteiger partial charge in [-0.25, -0.2) is 18.9 Å². The van der Waals surface area contributed by atoms with E-state index in [1.54, 1.807) is 6.92 Å². The van der Waals surface area contributed by atoms with Gasteiger partial charge >= 0.3 is 18.2 Å². The largest absolute Gasteiger partial charge is 0.461 e. The summed E-state index contributed by atoms with van der Waals surface area (Å²) >= 11 is 0. The van der Waals surface area contributed by atoms with Crippen LogP contribution in [0.15, 0.2) is 72.3 Å². The molecule has 0 bridgehead atoms. The van der Waals surface area contributed by atoms with E-state index >= 15 is 0 Å². The zero-order valence-electron chi connectivity index (χ0n) is 18.5. The molecule has 0 amide bonds. The fourth-order valence-electron chi connectivity index (χ4n) is 3.61. The zero-order valence-corrected chi connectivity index (χ0v) is 18.5. The van der Waals surface area contributed by atoms with Crippen molar-refractivity contribution in [1.29, 1.82) is 0 Å². The van der Waals surface area contributed by atoms with E-state index in [0.717, 1.165) is 27.7 Å². The molecular formula is C22H19F5N6O3. The highest BCUT2D eigenvalue weighted by Crippen LogP contribution is 2.34. The molecule has 190 valence electrons. The fourth-order valence-corrected chi connectivity index (χ4v) is 3.61. The number of hydrogen-bond donors (Lipinski definition) is 1. The van der Waals surface area contributed by atoms with E-state index in [1.165, 1.54) is 53.7 Å². The molecule has 2 atom stereocenters. The highest BCUT2D eigenvalue weighted by atomic mass is 19.3. The Bertz CT molecular complexity index is 1360. The molecular weight excluding hydrogens is 491 g/mol. The highest BCUT2D eigenvalue weighted by molar-refractivity contribution is 5.36. The molecule has 0 saturated carbocycles. The third kappa shape index (κ3) is 4.84. The molecule has 4 aromatic rings. The second-order valence-electron chi connectivity index (χ2n) is 7.89.